The van der Waals surface area contributed by atoms with Crippen molar-refractivity contribution in [3.05, 3.63) is 46.0 Å². The van der Waals surface area contributed by atoms with Gasteiger partial charge in [0.15, 0.2) is 0 Å². The zero-order valence-corrected chi connectivity index (χ0v) is 10.4. The molecule has 1 aromatic carbocycles. The molecule has 0 atom stereocenters. The quantitative estimate of drug-likeness (QED) is 0.669. The van der Waals surface area contributed by atoms with E-state index in [0.29, 0.717) is 11.4 Å². The number of hydrogen-bond acceptors (Lipinski definition) is 5. The zero-order valence-electron chi connectivity index (χ0n) is 10.4. The first-order chi connectivity index (χ1) is 8.79. The molecule has 0 saturated carbocycles. The monoisotopic (exact) mass is 265 g/mol. The lowest BCUT2D eigenvalue weighted by Gasteiger charge is -2.13. The third kappa shape index (κ3) is 2.58. The Labute approximate surface area is 108 Å². The van der Waals surface area contributed by atoms with Crippen LogP contribution in [0.3, 0.4) is 0 Å². The van der Waals surface area contributed by atoms with Crippen molar-refractivity contribution in [1.29, 1.82) is 0 Å². The van der Waals surface area contributed by atoms with Crippen molar-refractivity contribution >= 4 is 5.69 Å². The van der Waals surface area contributed by atoms with Gasteiger partial charge in [-0.15, -0.1) is 5.10 Å². The summed E-state index contributed by atoms with van der Waals surface area (Å²) in [6, 6.07) is 3.49. The second-order valence-electron chi connectivity index (χ2n) is 4.66. The summed E-state index contributed by atoms with van der Waals surface area (Å²) in [7, 11) is 0. The van der Waals surface area contributed by atoms with Crippen LogP contribution in [0.5, 0.6) is 0 Å². The first-order valence-electron chi connectivity index (χ1n) is 5.45. The zero-order chi connectivity index (χ0) is 14.2. The van der Waals surface area contributed by atoms with E-state index < -0.39 is 22.0 Å². The minimum Gasteiger partial charge on any atom is -0.320 e. The molecule has 0 radical (unpaired) electrons. The molecule has 0 aliphatic carbocycles. The molecule has 2 rings (SSSR count). The van der Waals surface area contributed by atoms with Gasteiger partial charge in [-0.25, -0.2) is 4.68 Å². The number of benzene rings is 1. The van der Waals surface area contributed by atoms with E-state index in [1.807, 2.05) is 0 Å². The molecule has 0 unspecified atom stereocenters. The second-order valence-corrected chi connectivity index (χ2v) is 4.66. The van der Waals surface area contributed by atoms with Crippen LogP contribution in [0, 0.1) is 15.9 Å². The third-order valence-corrected chi connectivity index (χ3v) is 2.54. The molecule has 0 bridgehead atoms. The van der Waals surface area contributed by atoms with Crippen LogP contribution in [0.15, 0.2) is 24.4 Å². The fourth-order valence-electron chi connectivity index (χ4n) is 1.47. The van der Waals surface area contributed by atoms with E-state index in [1.54, 1.807) is 20.0 Å². The predicted molar refractivity (Wildman–Crippen MR) is 65.2 cm³/mol. The average molecular weight is 265 g/mol. The largest absolute Gasteiger partial charge is 0.320 e. The van der Waals surface area contributed by atoms with E-state index in [-0.39, 0.29) is 0 Å². The van der Waals surface area contributed by atoms with Crippen LogP contribution < -0.4 is 5.73 Å². The summed E-state index contributed by atoms with van der Waals surface area (Å²) in [5, 5.41) is 18.4. The lowest BCUT2D eigenvalue weighted by Crippen LogP contribution is -2.29. The van der Waals surface area contributed by atoms with Crippen molar-refractivity contribution in [3.8, 4) is 5.69 Å². The summed E-state index contributed by atoms with van der Waals surface area (Å²) >= 11 is 0. The van der Waals surface area contributed by atoms with E-state index in [1.165, 1.54) is 10.7 Å². The normalized spacial score (nSPS) is 11.6. The van der Waals surface area contributed by atoms with Gasteiger partial charge in [-0.2, -0.15) is 4.39 Å². The molecule has 7 nitrogen and oxygen atoms in total. The Bertz CT molecular complexity index is 632. The summed E-state index contributed by atoms with van der Waals surface area (Å²) in [6.07, 6.45) is 1.55. The van der Waals surface area contributed by atoms with E-state index >= 15 is 0 Å². The van der Waals surface area contributed by atoms with Gasteiger partial charge in [-0.1, -0.05) is 5.21 Å². The number of nitrogens with two attached hydrogens (primary N) is 1. The molecular formula is C11H12FN5O2. The van der Waals surface area contributed by atoms with Crippen LogP contribution in [0.25, 0.3) is 5.69 Å². The molecule has 0 aliphatic heterocycles. The van der Waals surface area contributed by atoms with Gasteiger partial charge in [0, 0.05) is 6.07 Å². The van der Waals surface area contributed by atoms with Gasteiger partial charge >= 0.3 is 5.69 Å². The number of nitrogens with zero attached hydrogens (tertiary/aromatic N) is 4. The molecule has 0 aliphatic rings. The van der Waals surface area contributed by atoms with Crippen LogP contribution in [-0.2, 0) is 5.54 Å². The lowest BCUT2D eigenvalue weighted by molar-refractivity contribution is -0.387. The summed E-state index contributed by atoms with van der Waals surface area (Å²) in [4.78, 5) is 9.88. The topological polar surface area (TPSA) is 99.9 Å². The number of nitro benzene ring substituents is 1. The van der Waals surface area contributed by atoms with Gasteiger partial charge in [0.1, 0.15) is 5.69 Å². The second kappa shape index (κ2) is 4.39. The molecule has 2 N–H and O–H groups in total. The van der Waals surface area contributed by atoms with Gasteiger partial charge in [0.2, 0.25) is 5.82 Å². The average Bonchev–Trinajstić information content (AvgIpc) is 2.78. The molecular weight excluding hydrogens is 253 g/mol. The maximum absolute atomic E-state index is 13.2. The highest BCUT2D eigenvalue weighted by atomic mass is 19.1. The van der Waals surface area contributed by atoms with Crippen molar-refractivity contribution in [1.82, 2.24) is 15.0 Å². The molecule has 100 valence electrons. The highest BCUT2D eigenvalue weighted by Crippen LogP contribution is 2.21. The number of aromatic nitrogens is 3. The molecule has 0 saturated heterocycles. The molecule has 0 spiro atoms. The summed E-state index contributed by atoms with van der Waals surface area (Å²) < 4.78 is 14.5. The molecule has 1 aromatic heterocycles. The van der Waals surface area contributed by atoms with E-state index in [9.17, 15) is 14.5 Å². The minimum atomic E-state index is -0.895. The maximum atomic E-state index is 13.2. The lowest BCUT2D eigenvalue weighted by atomic mass is 10.0. The molecule has 19 heavy (non-hydrogen) atoms. The van der Waals surface area contributed by atoms with Crippen molar-refractivity contribution < 1.29 is 9.31 Å². The van der Waals surface area contributed by atoms with Gasteiger partial charge in [-0.3, -0.25) is 10.1 Å². The first-order valence-corrected chi connectivity index (χ1v) is 5.45. The number of halogens is 1. The van der Waals surface area contributed by atoms with Gasteiger partial charge in [-0.05, 0) is 26.0 Å². The molecule has 1 heterocycles. The van der Waals surface area contributed by atoms with Gasteiger partial charge in [0.05, 0.1) is 22.3 Å². The predicted octanol–water partition coefficient (Wildman–Crippen LogP) is 1.51. The highest BCUT2D eigenvalue weighted by Gasteiger charge is 2.20. The minimum absolute atomic E-state index is 0.344. The van der Waals surface area contributed by atoms with Crippen LogP contribution in [0.2, 0.25) is 0 Å². The van der Waals surface area contributed by atoms with Crippen molar-refractivity contribution in [2.45, 2.75) is 19.4 Å². The molecule has 8 heteroatoms. The van der Waals surface area contributed by atoms with Gasteiger partial charge in [0.25, 0.3) is 0 Å². The van der Waals surface area contributed by atoms with Crippen molar-refractivity contribution in [2.75, 3.05) is 0 Å². The van der Waals surface area contributed by atoms with Crippen molar-refractivity contribution in [2.24, 2.45) is 5.73 Å². The fourth-order valence-corrected chi connectivity index (χ4v) is 1.47. The summed E-state index contributed by atoms with van der Waals surface area (Å²) in [6.45, 7) is 3.52. The van der Waals surface area contributed by atoms with E-state index in [0.717, 1.165) is 12.1 Å². The van der Waals surface area contributed by atoms with Crippen LogP contribution in [0.4, 0.5) is 10.1 Å². The summed E-state index contributed by atoms with van der Waals surface area (Å²) in [5.74, 6) is -0.895. The Morgan fingerprint density at radius 1 is 1.47 bits per heavy atom. The standard InChI is InChI=1S/C11H12FN5O2/c1-11(2,13)10-6-16(15-14-10)7-3-4-8(12)9(5-7)17(18)19/h3-6H,13H2,1-2H3. The van der Waals surface area contributed by atoms with Crippen LogP contribution in [0.1, 0.15) is 19.5 Å². The molecule has 0 amide bonds. The Balaban J connectivity index is 2.45. The Kier molecular flexibility index (Phi) is 3.03. The first kappa shape index (κ1) is 13.1. The fraction of sp³-hybridized carbons (Fsp3) is 0.273. The van der Waals surface area contributed by atoms with Crippen LogP contribution in [-0.4, -0.2) is 19.9 Å². The highest BCUT2D eigenvalue weighted by molar-refractivity contribution is 5.43. The maximum Gasteiger partial charge on any atom is 0.306 e. The Morgan fingerprint density at radius 2 is 2.16 bits per heavy atom. The van der Waals surface area contributed by atoms with Crippen LogP contribution >= 0.6 is 0 Å². The Hall–Kier alpha value is -2.35. The molecule has 0 fully saturated rings. The smallest absolute Gasteiger partial charge is 0.306 e. The SMILES string of the molecule is CC(C)(N)c1cn(-c2ccc(F)c([N+](=O)[O-])c2)nn1. The van der Waals surface area contributed by atoms with E-state index in [2.05, 4.69) is 10.3 Å². The Morgan fingerprint density at radius 3 is 2.68 bits per heavy atom. The number of rotatable bonds is 3. The third-order valence-electron chi connectivity index (χ3n) is 2.54. The van der Waals surface area contributed by atoms with Gasteiger partial charge < -0.3 is 5.73 Å². The summed E-state index contributed by atoms with van der Waals surface area (Å²) in [5.41, 5.74) is 5.45. The number of nitro groups is 1. The van der Waals surface area contributed by atoms with E-state index in [4.69, 9.17) is 5.73 Å². The molecule has 2 aromatic rings. The number of hydrogen-bond donors (Lipinski definition) is 1. The van der Waals surface area contributed by atoms with Crippen molar-refractivity contribution in [3.63, 3.8) is 0 Å².